The maximum Gasteiger partial charge on any atom is 0.238 e. The molecule has 1 rings (SSSR count). The van der Waals surface area contributed by atoms with E-state index in [2.05, 4.69) is 22.0 Å². The molecule has 17 heavy (non-hydrogen) atoms. The van der Waals surface area contributed by atoms with Gasteiger partial charge in [0.1, 0.15) is 5.54 Å². The number of nitrogens with one attached hydrogen (secondary N) is 1. The standard InChI is InChI=1S/C12H26N4O/c1-4-5-15-6-8-16(9-7-15)10-12(2,14-3)11(13)17/h14H,4-10H2,1-3H3,(H2,13,17). The van der Waals surface area contributed by atoms with Crippen molar-refractivity contribution in [2.45, 2.75) is 25.8 Å². The van der Waals surface area contributed by atoms with Gasteiger partial charge in [-0.15, -0.1) is 0 Å². The van der Waals surface area contributed by atoms with Crippen LogP contribution in [0.25, 0.3) is 0 Å². The Morgan fingerprint density at radius 2 is 1.82 bits per heavy atom. The number of hydrogen-bond donors (Lipinski definition) is 2. The van der Waals surface area contributed by atoms with Crippen LogP contribution >= 0.6 is 0 Å². The van der Waals surface area contributed by atoms with E-state index >= 15 is 0 Å². The molecular weight excluding hydrogens is 216 g/mol. The van der Waals surface area contributed by atoms with Crippen molar-refractivity contribution in [3.8, 4) is 0 Å². The van der Waals surface area contributed by atoms with E-state index in [1.807, 2.05) is 6.92 Å². The van der Waals surface area contributed by atoms with E-state index in [0.29, 0.717) is 6.54 Å². The number of nitrogens with two attached hydrogens (primary N) is 1. The molecule has 100 valence electrons. The van der Waals surface area contributed by atoms with Gasteiger partial charge in [0.25, 0.3) is 0 Å². The van der Waals surface area contributed by atoms with Crippen molar-refractivity contribution < 1.29 is 4.79 Å². The molecule has 1 saturated heterocycles. The maximum atomic E-state index is 11.4. The molecule has 0 saturated carbocycles. The van der Waals surface area contributed by atoms with Gasteiger partial charge in [0.2, 0.25) is 5.91 Å². The number of primary amides is 1. The zero-order valence-corrected chi connectivity index (χ0v) is 11.3. The molecule has 0 aromatic heterocycles. The third kappa shape index (κ3) is 3.94. The first-order chi connectivity index (χ1) is 8.01. The Morgan fingerprint density at radius 1 is 1.29 bits per heavy atom. The van der Waals surface area contributed by atoms with Crippen molar-refractivity contribution >= 4 is 5.91 Å². The summed E-state index contributed by atoms with van der Waals surface area (Å²) in [6.45, 7) is 10.2. The highest BCUT2D eigenvalue weighted by atomic mass is 16.1. The van der Waals surface area contributed by atoms with Gasteiger partial charge in [-0.05, 0) is 26.9 Å². The van der Waals surface area contributed by atoms with Gasteiger partial charge in [0, 0.05) is 32.7 Å². The third-order valence-corrected chi connectivity index (χ3v) is 3.64. The number of rotatable bonds is 6. The SMILES string of the molecule is CCCN1CCN(CC(C)(NC)C(N)=O)CC1. The molecule has 0 radical (unpaired) electrons. The van der Waals surface area contributed by atoms with Crippen LogP contribution in [0, 0.1) is 0 Å². The number of likely N-dealkylation sites (N-methyl/N-ethyl adjacent to an activating group) is 1. The predicted octanol–water partition coefficient (Wildman–Crippen LogP) is -0.523. The number of nitrogens with zero attached hydrogens (tertiary/aromatic N) is 2. The number of amides is 1. The second-order valence-electron chi connectivity index (χ2n) is 5.06. The minimum atomic E-state index is -0.618. The molecule has 0 bridgehead atoms. The van der Waals surface area contributed by atoms with Gasteiger partial charge in [-0.2, -0.15) is 0 Å². The summed E-state index contributed by atoms with van der Waals surface area (Å²) in [7, 11) is 1.79. The fraction of sp³-hybridized carbons (Fsp3) is 0.917. The minimum Gasteiger partial charge on any atom is -0.368 e. The molecule has 1 unspecified atom stereocenters. The summed E-state index contributed by atoms with van der Waals surface area (Å²) in [5.74, 6) is -0.281. The van der Waals surface area contributed by atoms with Crippen LogP contribution in [0.2, 0.25) is 0 Å². The van der Waals surface area contributed by atoms with Crippen LogP contribution in [0.1, 0.15) is 20.3 Å². The first-order valence-corrected chi connectivity index (χ1v) is 6.45. The number of piperazine rings is 1. The summed E-state index contributed by atoms with van der Waals surface area (Å²) in [5, 5.41) is 3.03. The van der Waals surface area contributed by atoms with Gasteiger partial charge in [0.15, 0.2) is 0 Å². The lowest BCUT2D eigenvalue weighted by atomic mass is 10.0. The Morgan fingerprint density at radius 3 is 2.24 bits per heavy atom. The van der Waals surface area contributed by atoms with Crippen LogP contribution in [-0.2, 0) is 4.79 Å². The van der Waals surface area contributed by atoms with Crippen molar-refractivity contribution in [3.63, 3.8) is 0 Å². The highest BCUT2D eigenvalue weighted by Gasteiger charge is 2.32. The lowest BCUT2D eigenvalue weighted by molar-refractivity contribution is -0.124. The normalized spacial score (nSPS) is 22.3. The Kier molecular flexibility index (Phi) is 5.36. The number of carbonyl (C=O) groups excluding carboxylic acids is 1. The van der Waals surface area contributed by atoms with E-state index in [1.165, 1.54) is 13.0 Å². The maximum absolute atomic E-state index is 11.4. The largest absolute Gasteiger partial charge is 0.368 e. The van der Waals surface area contributed by atoms with Crippen molar-refractivity contribution in [3.05, 3.63) is 0 Å². The van der Waals surface area contributed by atoms with E-state index in [9.17, 15) is 4.79 Å². The first-order valence-electron chi connectivity index (χ1n) is 6.45. The summed E-state index contributed by atoms with van der Waals surface area (Å²) in [4.78, 5) is 16.2. The average molecular weight is 242 g/mol. The van der Waals surface area contributed by atoms with E-state index < -0.39 is 5.54 Å². The second kappa shape index (κ2) is 6.33. The van der Waals surface area contributed by atoms with Crippen LogP contribution < -0.4 is 11.1 Å². The van der Waals surface area contributed by atoms with Crippen LogP contribution in [0.3, 0.4) is 0 Å². The molecule has 0 spiro atoms. The van der Waals surface area contributed by atoms with Gasteiger partial charge < -0.3 is 16.0 Å². The van der Waals surface area contributed by atoms with Gasteiger partial charge in [-0.3, -0.25) is 9.69 Å². The molecule has 1 heterocycles. The third-order valence-electron chi connectivity index (χ3n) is 3.64. The zero-order valence-electron chi connectivity index (χ0n) is 11.3. The summed E-state index contributed by atoms with van der Waals surface area (Å²) in [6, 6.07) is 0. The molecule has 5 heteroatoms. The molecule has 1 aliphatic heterocycles. The lowest BCUT2D eigenvalue weighted by Crippen LogP contribution is -2.60. The molecule has 0 aromatic rings. The quantitative estimate of drug-likeness (QED) is 0.658. The molecule has 5 nitrogen and oxygen atoms in total. The summed E-state index contributed by atoms with van der Waals surface area (Å²) >= 11 is 0. The Labute approximate surface area is 104 Å². The van der Waals surface area contributed by atoms with Crippen LogP contribution in [0.15, 0.2) is 0 Å². The first kappa shape index (κ1) is 14.4. The molecule has 1 amide bonds. The lowest BCUT2D eigenvalue weighted by Gasteiger charge is -2.38. The Hall–Kier alpha value is -0.650. The van der Waals surface area contributed by atoms with Crippen molar-refractivity contribution in [2.24, 2.45) is 5.73 Å². The topological polar surface area (TPSA) is 61.6 Å². The van der Waals surface area contributed by atoms with Crippen LogP contribution in [0.4, 0.5) is 0 Å². The van der Waals surface area contributed by atoms with Gasteiger partial charge >= 0.3 is 0 Å². The molecule has 1 atom stereocenters. The summed E-state index contributed by atoms with van der Waals surface area (Å²) in [5.41, 5.74) is 4.82. The highest BCUT2D eigenvalue weighted by molar-refractivity contribution is 5.84. The average Bonchev–Trinajstić information content (AvgIpc) is 2.31. The van der Waals surface area contributed by atoms with Gasteiger partial charge in [-0.1, -0.05) is 6.92 Å². The summed E-state index contributed by atoms with van der Waals surface area (Å²) in [6.07, 6.45) is 1.20. The van der Waals surface area contributed by atoms with E-state index in [-0.39, 0.29) is 5.91 Å². The molecule has 0 aromatic carbocycles. The van der Waals surface area contributed by atoms with Crippen molar-refractivity contribution in [2.75, 3.05) is 46.3 Å². The van der Waals surface area contributed by atoms with Crippen molar-refractivity contribution in [1.82, 2.24) is 15.1 Å². The highest BCUT2D eigenvalue weighted by Crippen LogP contribution is 2.09. The monoisotopic (exact) mass is 242 g/mol. The zero-order chi connectivity index (χ0) is 12.9. The molecule has 1 fully saturated rings. The fourth-order valence-electron chi connectivity index (χ4n) is 2.21. The summed E-state index contributed by atoms with van der Waals surface area (Å²) < 4.78 is 0. The Balaban J connectivity index is 2.42. The smallest absolute Gasteiger partial charge is 0.238 e. The van der Waals surface area contributed by atoms with Crippen LogP contribution in [-0.4, -0.2) is 67.6 Å². The molecular formula is C12H26N4O. The second-order valence-corrected chi connectivity index (χ2v) is 5.06. The van der Waals surface area contributed by atoms with Crippen molar-refractivity contribution in [1.29, 1.82) is 0 Å². The number of carbonyl (C=O) groups is 1. The molecule has 3 N–H and O–H groups in total. The van der Waals surface area contributed by atoms with E-state index in [0.717, 1.165) is 26.2 Å². The minimum absolute atomic E-state index is 0.281. The Bertz CT molecular complexity index is 251. The van der Waals surface area contributed by atoms with Gasteiger partial charge in [0.05, 0.1) is 0 Å². The molecule has 0 aliphatic carbocycles. The predicted molar refractivity (Wildman–Crippen MR) is 69.8 cm³/mol. The van der Waals surface area contributed by atoms with Gasteiger partial charge in [-0.25, -0.2) is 0 Å². The molecule has 1 aliphatic rings. The fourth-order valence-corrected chi connectivity index (χ4v) is 2.21. The van der Waals surface area contributed by atoms with Crippen LogP contribution in [0.5, 0.6) is 0 Å². The van der Waals surface area contributed by atoms with E-state index in [1.54, 1.807) is 7.05 Å². The number of hydrogen-bond acceptors (Lipinski definition) is 4. The van der Waals surface area contributed by atoms with E-state index in [4.69, 9.17) is 5.73 Å².